The van der Waals surface area contributed by atoms with E-state index in [2.05, 4.69) is 10.2 Å². The Balaban J connectivity index is 2.33. The lowest BCUT2D eigenvalue weighted by Gasteiger charge is -2.11. The van der Waals surface area contributed by atoms with Crippen LogP contribution < -0.4 is 10.5 Å². The second-order valence-corrected chi connectivity index (χ2v) is 5.27. The summed E-state index contributed by atoms with van der Waals surface area (Å²) < 4.78 is 7.03. The largest absolute Gasteiger partial charge is 0.497 e. The molecule has 0 amide bonds. The van der Waals surface area contributed by atoms with Crippen molar-refractivity contribution in [2.45, 2.75) is 17.8 Å². The van der Waals surface area contributed by atoms with Crippen LogP contribution in [-0.2, 0) is 6.54 Å². The first-order chi connectivity index (χ1) is 10.2. The molecule has 0 saturated heterocycles. The van der Waals surface area contributed by atoms with Gasteiger partial charge in [0.2, 0.25) is 0 Å². The molecule has 8 heteroatoms. The third-order valence-corrected chi connectivity index (χ3v) is 3.88. The Hall–Kier alpha value is -1.61. The zero-order valence-corrected chi connectivity index (χ0v) is 12.5. The average Bonchev–Trinajstić information content (AvgIpc) is 2.95. The van der Waals surface area contributed by atoms with E-state index in [1.54, 1.807) is 7.11 Å². The van der Waals surface area contributed by atoms with Gasteiger partial charge in [-0.25, -0.2) is 0 Å². The molecule has 114 valence electrons. The van der Waals surface area contributed by atoms with Crippen molar-refractivity contribution in [3.63, 3.8) is 0 Å². The van der Waals surface area contributed by atoms with Gasteiger partial charge in [-0.15, -0.1) is 10.2 Å². The molecule has 1 aromatic heterocycles. The van der Waals surface area contributed by atoms with Crippen LogP contribution in [0.15, 0.2) is 29.4 Å². The van der Waals surface area contributed by atoms with Crippen molar-refractivity contribution >= 4 is 11.8 Å². The van der Waals surface area contributed by atoms with E-state index in [0.717, 1.165) is 11.4 Å². The lowest BCUT2D eigenvalue weighted by Crippen LogP contribution is -2.15. The third-order valence-electron chi connectivity index (χ3n) is 2.81. The van der Waals surface area contributed by atoms with E-state index in [0.29, 0.717) is 16.7 Å². The first kappa shape index (κ1) is 15.8. The number of aliphatic hydroxyl groups excluding tert-OH is 2. The number of aliphatic hydroxyl groups is 2. The minimum Gasteiger partial charge on any atom is -0.497 e. The molecule has 0 spiro atoms. The van der Waals surface area contributed by atoms with Crippen molar-refractivity contribution < 1.29 is 14.9 Å². The van der Waals surface area contributed by atoms with Crippen molar-refractivity contribution in [3.8, 4) is 11.4 Å². The van der Waals surface area contributed by atoms with Gasteiger partial charge in [0.1, 0.15) is 5.75 Å². The topological polar surface area (TPSA) is 106 Å². The molecule has 0 aliphatic heterocycles. The highest BCUT2D eigenvalue weighted by molar-refractivity contribution is 7.99. The van der Waals surface area contributed by atoms with E-state index in [-0.39, 0.29) is 13.2 Å². The van der Waals surface area contributed by atoms with Gasteiger partial charge >= 0.3 is 0 Å². The lowest BCUT2D eigenvalue weighted by atomic mass is 10.3. The highest BCUT2D eigenvalue weighted by Crippen LogP contribution is 2.24. The molecule has 1 unspecified atom stereocenters. The predicted octanol–water partition coefficient (Wildman–Crippen LogP) is 0.180. The molecule has 2 rings (SSSR count). The summed E-state index contributed by atoms with van der Waals surface area (Å²) in [5.41, 5.74) is 6.53. The quantitative estimate of drug-likeness (QED) is 0.626. The Morgan fingerprint density at radius 2 is 2.24 bits per heavy atom. The number of nitrogens with zero attached hydrogens (tertiary/aromatic N) is 3. The SMILES string of the molecule is COc1cccc(-n2c(CN)nnc2SCC(O)CO)c1. The Labute approximate surface area is 126 Å². The molecule has 1 aromatic carbocycles. The van der Waals surface area contributed by atoms with Gasteiger partial charge in [0.15, 0.2) is 11.0 Å². The average molecular weight is 310 g/mol. The molecule has 0 fully saturated rings. The molecule has 1 atom stereocenters. The Morgan fingerprint density at radius 3 is 2.90 bits per heavy atom. The van der Waals surface area contributed by atoms with Gasteiger partial charge in [0.05, 0.1) is 32.1 Å². The van der Waals surface area contributed by atoms with E-state index in [1.807, 2.05) is 28.8 Å². The van der Waals surface area contributed by atoms with E-state index < -0.39 is 6.10 Å². The maximum atomic E-state index is 9.45. The standard InChI is InChI=1S/C13H18N4O3S/c1-20-11-4-2-3-9(5-11)17-12(6-14)15-16-13(17)21-8-10(19)7-18/h2-5,10,18-19H,6-8,14H2,1H3. The normalized spacial score (nSPS) is 12.4. The van der Waals surface area contributed by atoms with Crippen molar-refractivity contribution in [2.75, 3.05) is 19.5 Å². The van der Waals surface area contributed by atoms with Gasteiger partial charge in [-0.2, -0.15) is 0 Å². The summed E-state index contributed by atoms with van der Waals surface area (Å²) in [6, 6.07) is 7.47. The summed E-state index contributed by atoms with van der Waals surface area (Å²) in [4.78, 5) is 0. The van der Waals surface area contributed by atoms with Crippen LogP contribution in [0, 0.1) is 0 Å². The molecule has 0 radical (unpaired) electrons. The second-order valence-electron chi connectivity index (χ2n) is 4.29. The minimum atomic E-state index is -0.799. The first-order valence-corrected chi connectivity index (χ1v) is 7.38. The number of rotatable bonds is 7. The Kier molecular flexibility index (Phi) is 5.57. The summed E-state index contributed by atoms with van der Waals surface area (Å²) >= 11 is 1.31. The monoisotopic (exact) mass is 310 g/mol. The highest BCUT2D eigenvalue weighted by atomic mass is 32.2. The zero-order valence-electron chi connectivity index (χ0n) is 11.6. The summed E-state index contributed by atoms with van der Waals surface area (Å²) in [5.74, 6) is 1.66. The second kappa shape index (κ2) is 7.41. The summed E-state index contributed by atoms with van der Waals surface area (Å²) in [6.45, 7) is -0.0443. The van der Waals surface area contributed by atoms with Crippen LogP contribution in [0.4, 0.5) is 0 Å². The van der Waals surface area contributed by atoms with Crippen LogP contribution in [0.5, 0.6) is 5.75 Å². The number of hydrogen-bond donors (Lipinski definition) is 3. The van der Waals surface area contributed by atoms with Crippen LogP contribution in [-0.4, -0.2) is 50.6 Å². The highest BCUT2D eigenvalue weighted by Gasteiger charge is 2.15. The number of benzene rings is 1. The molecular formula is C13H18N4O3S. The van der Waals surface area contributed by atoms with Crippen molar-refractivity contribution in [3.05, 3.63) is 30.1 Å². The van der Waals surface area contributed by atoms with E-state index in [9.17, 15) is 5.11 Å². The third kappa shape index (κ3) is 3.73. The summed E-state index contributed by atoms with van der Waals surface area (Å²) in [5, 5.41) is 27.1. The van der Waals surface area contributed by atoms with Crippen LogP contribution in [0.25, 0.3) is 5.69 Å². The molecule has 0 bridgehead atoms. The van der Waals surface area contributed by atoms with Gasteiger partial charge in [-0.1, -0.05) is 17.8 Å². The van der Waals surface area contributed by atoms with E-state index in [4.69, 9.17) is 15.6 Å². The minimum absolute atomic E-state index is 0.243. The number of ether oxygens (including phenoxy) is 1. The maximum Gasteiger partial charge on any atom is 0.195 e. The van der Waals surface area contributed by atoms with Gasteiger partial charge in [0.25, 0.3) is 0 Å². The fourth-order valence-electron chi connectivity index (χ4n) is 1.76. The Morgan fingerprint density at radius 1 is 1.43 bits per heavy atom. The smallest absolute Gasteiger partial charge is 0.195 e. The van der Waals surface area contributed by atoms with Crippen molar-refractivity contribution in [2.24, 2.45) is 5.73 Å². The van der Waals surface area contributed by atoms with Crippen LogP contribution in [0.1, 0.15) is 5.82 Å². The molecule has 7 nitrogen and oxygen atoms in total. The maximum absolute atomic E-state index is 9.45. The number of thioether (sulfide) groups is 1. The van der Waals surface area contributed by atoms with Gasteiger partial charge < -0.3 is 20.7 Å². The fourth-order valence-corrected chi connectivity index (χ4v) is 2.64. The first-order valence-electron chi connectivity index (χ1n) is 6.40. The summed E-state index contributed by atoms with van der Waals surface area (Å²) in [6.07, 6.45) is -0.799. The number of aromatic nitrogens is 3. The fraction of sp³-hybridized carbons (Fsp3) is 0.385. The molecule has 0 saturated carbocycles. The molecule has 1 heterocycles. The van der Waals surface area contributed by atoms with Gasteiger partial charge in [-0.05, 0) is 12.1 Å². The van der Waals surface area contributed by atoms with Crippen LogP contribution in [0.3, 0.4) is 0 Å². The van der Waals surface area contributed by atoms with E-state index in [1.165, 1.54) is 11.8 Å². The van der Waals surface area contributed by atoms with Gasteiger partial charge in [-0.3, -0.25) is 4.57 Å². The molecule has 4 N–H and O–H groups in total. The van der Waals surface area contributed by atoms with Crippen LogP contribution >= 0.6 is 11.8 Å². The number of methoxy groups -OCH3 is 1. The van der Waals surface area contributed by atoms with Gasteiger partial charge in [0, 0.05) is 11.8 Å². The molecule has 0 aliphatic rings. The molecule has 0 aliphatic carbocycles. The summed E-state index contributed by atoms with van der Waals surface area (Å²) in [7, 11) is 1.60. The molecule has 2 aromatic rings. The lowest BCUT2D eigenvalue weighted by molar-refractivity contribution is 0.113. The molecular weight excluding hydrogens is 292 g/mol. The predicted molar refractivity (Wildman–Crippen MR) is 79.6 cm³/mol. The van der Waals surface area contributed by atoms with Crippen LogP contribution in [0.2, 0.25) is 0 Å². The Bertz CT molecular complexity index is 591. The number of hydrogen-bond acceptors (Lipinski definition) is 7. The number of nitrogens with two attached hydrogens (primary N) is 1. The van der Waals surface area contributed by atoms with Crippen molar-refractivity contribution in [1.29, 1.82) is 0 Å². The zero-order chi connectivity index (χ0) is 15.2. The molecule has 21 heavy (non-hydrogen) atoms. The van der Waals surface area contributed by atoms with Crippen molar-refractivity contribution in [1.82, 2.24) is 14.8 Å². The van der Waals surface area contributed by atoms with E-state index >= 15 is 0 Å².